The number of hydrogen-bond acceptors (Lipinski definition) is 4. The van der Waals surface area contributed by atoms with E-state index in [1.165, 1.54) is 16.2 Å². The van der Waals surface area contributed by atoms with Gasteiger partial charge in [-0.1, -0.05) is 51.1 Å². The first kappa shape index (κ1) is 24.5. The van der Waals surface area contributed by atoms with Gasteiger partial charge in [-0.3, -0.25) is 19.8 Å². The number of aryl methyl sites for hydroxylation is 1. The van der Waals surface area contributed by atoms with E-state index < -0.39 is 23.9 Å². The van der Waals surface area contributed by atoms with Crippen molar-refractivity contribution in [1.29, 1.82) is 0 Å². The topological polar surface area (TPSA) is 81.8 Å². The molecular weight excluding hydrogens is 460 g/mol. The van der Waals surface area contributed by atoms with Crippen LogP contribution in [0.1, 0.15) is 32.8 Å². The van der Waals surface area contributed by atoms with Gasteiger partial charge < -0.3 is 10.2 Å². The molecule has 0 fully saturated rings. The summed E-state index contributed by atoms with van der Waals surface area (Å²) in [5.74, 6) is -0.965. The van der Waals surface area contributed by atoms with Gasteiger partial charge in [-0.25, -0.2) is 4.79 Å². The van der Waals surface area contributed by atoms with Crippen LogP contribution in [0.4, 0.5) is 26.9 Å². The molecule has 35 heavy (non-hydrogen) atoms. The highest BCUT2D eigenvalue weighted by Crippen LogP contribution is 2.38. The molecule has 7 nitrogen and oxygen atoms in total. The number of amides is 4. The molecule has 0 aliphatic carbocycles. The minimum Gasteiger partial charge on any atom is -0.318 e. The first-order valence-corrected chi connectivity index (χ1v) is 12.4. The fraction of sp³-hybridized carbons (Fsp3) is 0.296. The van der Waals surface area contributed by atoms with Gasteiger partial charge in [-0.2, -0.15) is 0 Å². The second-order valence-corrected chi connectivity index (χ2v) is 10.7. The van der Waals surface area contributed by atoms with Crippen molar-refractivity contribution in [3.8, 4) is 0 Å². The molecule has 4 rings (SSSR count). The summed E-state index contributed by atoms with van der Waals surface area (Å²) in [5.41, 5.74) is 2.75. The molecule has 0 bridgehead atoms. The predicted octanol–water partition coefficient (Wildman–Crippen LogP) is 5.69. The average molecular weight is 491 g/mol. The molecule has 8 heteroatoms. The monoisotopic (exact) mass is 490 g/mol. The SMILES string of the molecule is Cc1ccsc1NC(=O)NC1C(=O)N(CCC(C)(C)C)c2ccccc2N(c2ccccc2)C1=O. The number of rotatable bonds is 5. The maximum Gasteiger partial charge on any atom is 0.320 e. The molecule has 0 saturated carbocycles. The molecule has 1 aliphatic rings. The Morgan fingerprint density at radius 2 is 1.60 bits per heavy atom. The van der Waals surface area contributed by atoms with Crippen LogP contribution in [-0.2, 0) is 9.59 Å². The summed E-state index contributed by atoms with van der Waals surface area (Å²) < 4.78 is 0. The molecule has 0 radical (unpaired) electrons. The van der Waals surface area contributed by atoms with Crippen LogP contribution >= 0.6 is 11.3 Å². The van der Waals surface area contributed by atoms with Gasteiger partial charge in [0.25, 0.3) is 11.8 Å². The van der Waals surface area contributed by atoms with Gasteiger partial charge in [0.2, 0.25) is 0 Å². The van der Waals surface area contributed by atoms with Crippen molar-refractivity contribution in [2.45, 2.75) is 40.2 Å². The van der Waals surface area contributed by atoms with E-state index in [0.717, 1.165) is 12.0 Å². The minimum atomic E-state index is -1.39. The minimum absolute atomic E-state index is 0.0261. The van der Waals surface area contributed by atoms with E-state index in [9.17, 15) is 14.4 Å². The maximum atomic E-state index is 13.9. The Morgan fingerprint density at radius 3 is 2.23 bits per heavy atom. The number of urea groups is 1. The lowest BCUT2D eigenvalue weighted by Gasteiger charge is -2.28. The second-order valence-electron chi connectivity index (χ2n) is 9.76. The van der Waals surface area contributed by atoms with Crippen LogP contribution in [0.3, 0.4) is 0 Å². The van der Waals surface area contributed by atoms with Crippen LogP contribution in [0.15, 0.2) is 66.0 Å². The standard InChI is InChI=1S/C27H30N4O3S/c1-18-14-17-35-23(18)29-26(34)28-22-24(32)30(16-15-27(2,3)4)20-12-8-9-13-21(20)31(25(22)33)19-10-6-5-7-11-19/h5-14,17,22H,15-16H2,1-4H3,(H2,28,29,34). The molecule has 1 atom stereocenters. The van der Waals surface area contributed by atoms with Crippen molar-refractivity contribution in [1.82, 2.24) is 5.32 Å². The number of benzene rings is 2. The van der Waals surface area contributed by atoms with Gasteiger partial charge in [-0.15, -0.1) is 11.3 Å². The summed E-state index contributed by atoms with van der Waals surface area (Å²) in [7, 11) is 0. The van der Waals surface area contributed by atoms with Crippen molar-refractivity contribution in [2.24, 2.45) is 5.41 Å². The second kappa shape index (κ2) is 9.92. The largest absolute Gasteiger partial charge is 0.320 e. The Bertz CT molecular complexity index is 1230. The van der Waals surface area contributed by atoms with Crippen molar-refractivity contribution in [2.75, 3.05) is 21.7 Å². The number of para-hydroxylation sites is 3. The summed E-state index contributed by atoms with van der Waals surface area (Å²) in [6.07, 6.45) is 0.722. The molecule has 2 aromatic carbocycles. The van der Waals surface area contributed by atoms with E-state index in [4.69, 9.17) is 0 Å². The molecule has 0 saturated heterocycles. The fourth-order valence-electron chi connectivity index (χ4n) is 3.93. The van der Waals surface area contributed by atoms with Gasteiger partial charge in [0, 0.05) is 12.2 Å². The van der Waals surface area contributed by atoms with Crippen molar-refractivity contribution < 1.29 is 14.4 Å². The molecular formula is C27H30N4O3S. The Balaban J connectivity index is 1.75. The lowest BCUT2D eigenvalue weighted by molar-refractivity contribution is -0.128. The third kappa shape index (κ3) is 5.38. The van der Waals surface area contributed by atoms with Gasteiger partial charge in [-0.05, 0) is 60.0 Å². The van der Waals surface area contributed by atoms with Gasteiger partial charge in [0.15, 0.2) is 6.04 Å². The zero-order valence-corrected chi connectivity index (χ0v) is 21.2. The van der Waals surface area contributed by atoms with Crippen LogP contribution in [0, 0.1) is 12.3 Å². The summed E-state index contributed by atoms with van der Waals surface area (Å²) in [4.78, 5) is 43.8. The molecule has 1 unspecified atom stereocenters. The van der Waals surface area contributed by atoms with Gasteiger partial charge >= 0.3 is 6.03 Å². The molecule has 2 heterocycles. The van der Waals surface area contributed by atoms with Crippen molar-refractivity contribution in [3.05, 3.63) is 71.6 Å². The third-order valence-corrected chi connectivity index (χ3v) is 6.79. The van der Waals surface area contributed by atoms with Crippen molar-refractivity contribution >= 4 is 51.2 Å². The Labute approximate surface area is 209 Å². The van der Waals surface area contributed by atoms with Crippen molar-refractivity contribution in [3.63, 3.8) is 0 Å². The zero-order chi connectivity index (χ0) is 25.2. The van der Waals surface area contributed by atoms with E-state index in [0.29, 0.717) is 28.6 Å². The summed E-state index contributed by atoms with van der Waals surface area (Å²) in [6.45, 7) is 8.62. The molecule has 182 valence electrons. The molecule has 3 aromatic rings. The smallest absolute Gasteiger partial charge is 0.318 e. The molecule has 1 aromatic heterocycles. The van der Waals surface area contributed by atoms with Crippen LogP contribution in [0.5, 0.6) is 0 Å². The van der Waals surface area contributed by atoms with E-state index in [2.05, 4.69) is 31.4 Å². The predicted molar refractivity (Wildman–Crippen MR) is 141 cm³/mol. The first-order chi connectivity index (χ1) is 16.7. The summed E-state index contributed by atoms with van der Waals surface area (Å²) in [6, 6.07) is 16.4. The van der Waals surface area contributed by atoms with E-state index in [1.807, 2.05) is 73.0 Å². The number of thiophene rings is 1. The maximum absolute atomic E-state index is 13.9. The number of anilines is 4. The summed E-state index contributed by atoms with van der Waals surface area (Å²) >= 11 is 1.38. The number of hydrogen-bond donors (Lipinski definition) is 2. The third-order valence-electron chi connectivity index (χ3n) is 5.86. The average Bonchev–Trinajstić information content (AvgIpc) is 3.19. The molecule has 1 aliphatic heterocycles. The Hall–Kier alpha value is -3.65. The molecule has 4 amide bonds. The quantitative estimate of drug-likeness (QED) is 0.451. The number of carbonyl (C=O) groups is 3. The number of nitrogens with zero attached hydrogens (tertiary/aromatic N) is 2. The Kier molecular flexibility index (Phi) is 6.93. The fourth-order valence-corrected chi connectivity index (χ4v) is 4.74. The first-order valence-electron chi connectivity index (χ1n) is 11.6. The van der Waals surface area contributed by atoms with E-state index in [-0.39, 0.29) is 5.41 Å². The molecule has 2 N–H and O–H groups in total. The number of carbonyl (C=O) groups excluding carboxylic acids is 3. The van der Waals surface area contributed by atoms with Gasteiger partial charge in [0.05, 0.1) is 16.4 Å². The number of nitrogens with one attached hydrogen (secondary N) is 2. The molecule has 0 spiro atoms. The van der Waals surface area contributed by atoms with Crippen LogP contribution in [0.25, 0.3) is 0 Å². The number of fused-ring (bicyclic) bond motifs is 1. The van der Waals surface area contributed by atoms with Gasteiger partial charge in [0.1, 0.15) is 0 Å². The normalized spacial score (nSPS) is 16.1. The lowest BCUT2D eigenvalue weighted by Crippen LogP contribution is -2.55. The Morgan fingerprint density at radius 1 is 0.943 bits per heavy atom. The zero-order valence-electron chi connectivity index (χ0n) is 20.4. The lowest BCUT2D eigenvalue weighted by atomic mass is 9.92. The van der Waals surface area contributed by atoms with Crippen LogP contribution < -0.4 is 20.4 Å². The highest BCUT2D eigenvalue weighted by molar-refractivity contribution is 7.14. The van der Waals surface area contributed by atoms with E-state index in [1.54, 1.807) is 4.90 Å². The highest BCUT2D eigenvalue weighted by atomic mass is 32.1. The summed E-state index contributed by atoms with van der Waals surface area (Å²) in [5, 5.41) is 7.97. The highest BCUT2D eigenvalue weighted by Gasteiger charge is 2.42. The van der Waals surface area contributed by atoms with E-state index >= 15 is 0 Å². The van der Waals surface area contributed by atoms with Crippen LogP contribution in [0.2, 0.25) is 0 Å². The van der Waals surface area contributed by atoms with Crippen LogP contribution in [-0.4, -0.2) is 30.4 Å².